The van der Waals surface area contributed by atoms with Gasteiger partial charge in [-0.3, -0.25) is 4.79 Å². The van der Waals surface area contributed by atoms with E-state index in [4.69, 9.17) is 18.9 Å². The Hall–Kier alpha value is -3.74. The smallest absolute Gasteiger partial charge is 0.341 e. The molecule has 3 rings (SSSR count). The SMILES string of the molecule is COC(=O)c1cc(-c2ccc(OC)c(C(C(=O)OC(C)(C)C)c3ccc[nH]3)c2)ccc1OC. The fourth-order valence-corrected chi connectivity index (χ4v) is 3.60. The van der Waals surface area contributed by atoms with Crippen molar-refractivity contribution >= 4 is 11.9 Å². The van der Waals surface area contributed by atoms with Crippen molar-refractivity contribution in [1.29, 1.82) is 0 Å². The second-order valence-corrected chi connectivity index (χ2v) is 8.46. The summed E-state index contributed by atoms with van der Waals surface area (Å²) in [5.74, 6) is -0.665. The van der Waals surface area contributed by atoms with E-state index in [1.807, 2.05) is 51.1 Å². The molecule has 0 radical (unpaired) electrons. The summed E-state index contributed by atoms with van der Waals surface area (Å²) in [6.07, 6.45) is 1.76. The molecular formula is C26H29NO6. The molecule has 2 aromatic carbocycles. The largest absolute Gasteiger partial charge is 0.496 e. The minimum absolute atomic E-state index is 0.308. The van der Waals surface area contributed by atoms with Gasteiger partial charge in [-0.05, 0) is 68.3 Å². The van der Waals surface area contributed by atoms with Crippen LogP contribution in [0.5, 0.6) is 11.5 Å². The highest BCUT2D eigenvalue weighted by Crippen LogP contribution is 2.37. The van der Waals surface area contributed by atoms with Crippen LogP contribution in [0.2, 0.25) is 0 Å². The normalized spacial score (nSPS) is 12.1. The Morgan fingerprint density at radius 1 is 0.879 bits per heavy atom. The molecule has 0 spiro atoms. The molecule has 0 saturated carbocycles. The van der Waals surface area contributed by atoms with E-state index in [2.05, 4.69) is 4.98 Å². The Labute approximate surface area is 193 Å². The minimum Gasteiger partial charge on any atom is -0.496 e. The number of methoxy groups -OCH3 is 3. The lowest BCUT2D eigenvalue weighted by Gasteiger charge is -2.25. The lowest BCUT2D eigenvalue weighted by molar-refractivity contribution is -0.155. The number of hydrogen-bond acceptors (Lipinski definition) is 6. The third kappa shape index (κ3) is 5.37. The summed E-state index contributed by atoms with van der Waals surface area (Å²) in [4.78, 5) is 28.6. The average Bonchev–Trinajstić information content (AvgIpc) is 3.31. The van der Waals surface area contributed by atoms with E-state index >= 15 is 0 Å². The molecule has 174 valence electrons. The number of carbonyl (C=O) groups is 2. The van der Waals surface area contributed by atoms with Crippen molar-refractivity contribution < 1.29 is 28.5 Å². The van der Waals surface area contributed by atoms with Gasteiger partial charge >= 0.3 is 11.9 Å². The molecule has 0 aliphatic rings. The number of rotatable bonds is 7. The molecule has 7 nitrogen and oxygen atoms in total. The van der Waals surface area contributed by atoms with Crippen molar-refractivity contribution in [2.24, 2.45) is 0 Å². The summed E-state index contributed by atoms with van der Waals surface area (Å²) in [5.41, 5.74) is 2.53. The summed E-state index contributed by atoms with van der Waals surface area (Å²) < 4.78 is 21.5. The standard InChI is InChI=1S/C26H29NO6/c1-26(2,3)33-25(29)23(20-8-7-13-27-20)18-14-16(9-11-21(18)30-4)17-10-12-22(31-5)19(15-17)24(28)32-6/h7-15,23,27H,1-6H3. The van der Waals surface area contributed by atoms with Crippen molar-refractivity contribution in [3.8, 4) is 22.6 Å². The van der Waals surface area contributed by atoms with Crippen LogP contribution in [-0.2, 0) is 14.3 Å². The van der Waals surface area contributed by atoms with Gasteiger partial charge in [0.1, 0.15) is 28.6 Å². The predicted octanol–water partition coefficient (Wildman–Crippen LogP) is 4.96. The maximum absolute atomic E-state index is 13.3. The quantitative estimate of drug-likeness (QED) is 0.511. The Morgan fingerprint density at radius 3 is 2.06 bits per heavy atom. The number of hydrogen-bond donors (Lipinski definition) is 1. The van der Waals surface area contributed by atoms with E-state index in [0.717, 1.165) is 11.1 Å². The first-order valence-electron chi connectivity index (χ1n) is 10.5. The van der Waals surface area contributed by atoms with Crippen molar-refractivity contribution in [1.82, 2.24) is 4.98 Å². The molecule has 33 heavy (non-hydrogen) atoms. The van der Waals surface area contributed by atoms with Gasteiger partial charge in [-0.1, -0.05) is 12.1 Å². The van der Waals surface area contributed by atoms with Gasteiger partial charge in [-0.25, -0.2) is 4.79 Å². The maximum atomic E-state index is 13.3. The Balaban J connectivity index is 2.15. The molecular weight excluding hydrogens is 422 g/mol. The summed E-state index contributed by atoms with van der Waals surface area (Å²) in [6, 6.07) is 14.5. The topological polar surface area (TPSA) is 86.9 Å². The van der Waals surface area contributed by atoms with E-state index in [-0.39, 0.29) is 0 Å². The van der Waals surface area contributed by atoms with Crippen LogP contribution in [0.3, 0.4) is 0 Å². The van der Waals surface area contributed by atoms with Crippen LogP contribution in [0.25, 0.3) is 11.1 Å². The molecule has 0 bridgehead atoms. The fourth-order valence-electron chi connectivity index (χ4n) is 3.60. The Morgan fingerprint density at radius 2 is 1.52 bits per heavy atom. The van der Waals surface area contributed by atoms with Crippen LogP contribution >= 0.6 is 0 Å². The highest BCUT2D eigenvalue weighted by Gasteiger charge is 2.31. The maximum Gasteiger partial charge on any atom is 0.341 e. The summed E-state index contributed by atoms with van der Waals surface area (Å²) in [5, 5.41) is 0. The van der Waals surface area contributed by atoms with Gasteiger partial charge < -0.3 is 23.9 Å². The molecule has 1 unspecified atom stereocenters. The van der Waals surface area contributed by atoms with Crippen LogP contribution < -0.4 is 9.47 Å². The van der Waals surface area contributed by atoms with Crippen LogP contribution in [0.4, 0.5) is 0 Å². The number of carbonyl (C=O) groups excluding carboxylic acids is 2. The van der Waals surface area contributed by atoms with Gasteiger partial charge in [-0.2, -0.15) is 0 Å². The molecule has 0 amide bonds. The second kappa shape index (κ2) is 9.81. The second-order valence-electron chi connectivity index (χ2n) is 8.46. The number of H-pyrrole nitrogens is 1. The van der Waals surface area contributed by atoms with Gasteiger partial charge in [0.05, 0.1) is 21.3 Å². The molecule has 0 saturated heterocycles. The Bertz CT molecular complexity index is 1130. The van der Waals surface area contributed by atoms with Crippen molar-refractivity contribution in [2.45, 2.75) is 32.3 Å². The first-order chi connectivity index (χ1) is 15.7. The predicted molar refractivity (Wildman–Crippen MR) is 125 cm³/mol. The monoisotopic (exact) mass is 451 g/mol. The third-order valence-electron chi connectivity index (χ3n) is 5.05. The number of ether oxygens (including phenoxy) is 4. The van der Waals surface area contributed by atoms with E-state index in [0.29, 0.717) is 28.3 Å². The zero-order valence-corrected chi connectivity index (χ0v) is 19.7. The van der Waals surface area contributed by atoms with Crippen LogP contribution in [0, 0.1) is 0 Å². The molecule has 3 aromatic rings. The summed E-state index contributed by atoms with van der Waals surface area (Å²) in [7, 11) is 4.37. The molecule has 1 aromatic heterocycles. The molecule has 0 fully saturated rings. The lowest BCUT2D eigenvalue weighted by atomic mass is 9.91. The van der Waals surface area contributed by atoms with Gasteiger partial charge in [0.25, 0.3) is 0 Å². The van der Waals surface area contributed by atoms with Gasteiger partial charge in [-0.15, -0.1) is 0 Å². The highest BCUT2D eigenvalue weighted by atomic mass is 16.6. The first-order valence-corrected chi connectivity index (χ1v) is 10.5. The van der Waals surface area contributed by atoms with Crippen molar-refractivity contribution in [3.05, 3.63) is 71.5 Å². The van der Waals surface area contributed by atoms with Crippen LogP contribution in [0.1, 0.15) is 48.3 Å². The number of benzene rings is 2. The average molecular weight is 452 g/mol. The molecule has 1 heterocycles. The number of aromatic nitrogens is 1. The molecule has 0 aliphatic heterocycles. The molecule has 1 atom stereocenters. The summed E-state index contributed by atoms with van der Waals surface area (Å²) >= 11 is 0. The molecule has 7 heteroatoms. The fraction of sp³-hybridized carbons (Fsp3) is 0.308. The highest BCUT2D eigenvalue weighted by molar-refractivity contribution is 5.94. The van der Waals surface area contributed by atoms with Crippen molar-refractivity contribution in [3.63, 3.8) is 0 Å². The van der Waals surface area contributed by atoms with Crippen LogP contribution in [-0.4, -0.2) is 43.9 Å². The molecule has 1 N–H and O–H groups in total. The number of aromatic amines is 1. The van der Waals surface area contributed by atoms with E-state index in [1.165, 1.54) is 14.2 Å². The van der Waals surface area contributed by atoms with Crippen molar-refractivity contribution in [2.75, 3.05) is 21.3 Å². The van der Waals surface area contributed by atoms with Gasteiger partial charge in [0, 0.05) is 17.5 Å². The van der Waals surface area contributed by atoms with Gasteiger partial charge in [0.2, 0.25) is 0 Å². The zero-order valence-electron chi connectivity index (χ0n) is 19.7. The van der Waals surface area contributed by atoms with E-state index in [9.17, 15) is 9.59 Å². The lowest BCUT2D eigenvalue weighted by Crippen LogP contribution is -2.28. The Kier molecular flexibility index (Phi) is 7.11. The first kappa shape index (κ1) is 23.9. The van der Waals surface area contributed by atoms with Crippen LogP contribution in [0.15, 0.2) is 54.7 Å². The summed E-state index contributed by atoms with van der Waals surface area (Å²) in [6.45, 7) is 5.49. The number of esters is 2. The van der Waals surface area contributed by atoms with E-state index < -0.39 is 23.5 Å². The molecule has 0 aliphatic carbocycles. The zero-order chi connectivity index (χ0) is 24.2. The third-order valence-corrected chi connectivity index (χ3v) is 5.05. The van der Waals surface area contributed by atoms with E-state index in [1.54, 1.807) is 31.5 Å². The minimum atomic E-state index is -0.729. The van der Waals surface area contributed by atoms with Gasteiger partial charge in [0.15, 0.2) is 0 Å². The number of nitrogens with one attached hydrogen (secondary N) is 1.